The molecule has 0 fully saturated rings. The van der Waals surface area contributed by atoms with E-state index >= 15 is 0 Å². The number of halogens is 1. The van der Waals surface area contributed by atoms with Crippen LogP contribution in [0.2, 0.25) is 0 Å². The van der Waals surface area contributed by atoms with Crippen molar-refractivity contribution in [3.05, 3.63) is 33.2 Å². The monoisotopic (exact) mass is 357 g/mol. The zero-order chi connectivity index (χ0) is 15.2. The molecule has 0 aliphatic heterocycles. The van der Waals surface area contributed by atoms with Gasteiger partial charge in [-0.1, -0.05) is 5.16 Å². The van der Waals surface area contributed by atoms with Gasteiger partial charge in [0, 0.05) is 13.0 Å². The molecule has 1 N–H and O–H groups in total. The van der Waals surface area contributed by atoms with E-state index < -0.39 is 11.5 Å². The number of methoxy groups -OCH3 is 1. The van der Waals surface area contributed by atoms with Crippen LogP contribution in [0.5, 0.6) is 0 Å². The molecule has 0 aliphatic carbocycles. The van der Waals surface area contributed by atoms with E-state index in [-0.39, 0.29) is 11.0 Å². The van der Waals surface area contributed by atoms with Gasteiger partial charge in [0.2, 0.25) is 5.89 Å². The number of rotatable bonds is 6. The van der Waals surface area contributed by atoms with Gasteiger partial charge in [-0.25, -0.2) is 4.68 Å². The number of nitrogens with one attached hydrogen (secondary N) is 1. The van der Waals surface area contributed by atoms with Crippen molar-refractivity contribution in [3.8, 4) is 0 Å². The number of hydrogen-bond donors (Lipinski definition) is 1. The minimum Gasteiger partial charge on any atom is -0.468 e. The maximum atomic E-state index is 12.0. The molecule has 0 bridgehead atoms. The minimum absolute atomic E-state index is 0.240. The maximum absolute atomic E-state index is 12.0. The molecule has 2 aromatic heterocycles. The molecule has 2 rings (SSSR count). The number of anilines is 1. The number of nitrogens with zero attached hydrogens (tertiary/aromatic N) is 4. The molecule has 0 unspecified atom stereocenters. The summed E-state index contributed by atoms with van der Waals surface area (Å²) in [7, 11) is 1.25. The van der Waals surface area contributed by atoms with Crippen molar-refractivity contribution in [2.75, 3.05) is 19.0 Å². The molecule has 10 heteroatoms. The number of esters is 1. The fourth-order valence-electron chi connectivity index (χ4n) is 1.50. The SMILES string of the molecule is COC(=O)Cn1ncc(NCCc2ncno2)c(Br)c1=O. The molecule has 0 radical (unpaired) electrons. The van der Waals surface area contributed by atoms with Gasteiger partial charge in [-0.15, -0.1) is 0 Å². The van der Waals surface area contributed by atoms with E-state index in [0.29, 0.717) is 24.5 Å². The normalized spacial score (nSPS) is 10.4. The highest BCUT2D eigenvalue weighted by atomic mass is 79.9. The second-order valence-corrected chi connectivity index (χ2v) is 4.72. The lowest BCUT2D eigenvalue weighted by molar-refractivity contribution is -0.141. The molecular weight excluding hydrogens is 346 g/mol. The Kier molecular flexibility index (Phi) is 5.04. The van der Waals surface area contributed by atoms with E-state index in [1.54, 1.807) is 0 Å². The zero-order valence-corrected chi connectivity index (χ0v) is 12.7. The smallest absolute Gasteiger partial charge is 0.327 e. The molecule has 112 valence electrons. The van der Waals surface area contributed by atoms with Crippen molar-refractivity contribution in [1.29, 1.82) is 0 Å². The lowest BCUT2D eigenvalue weighted by Crippen LogP contribution is -2.28. The molecule has 0 atom stereocenters. The zero-order valence-electron chi connectivity index (χ0n) is 11.1. The summed E-state index contributed by atoms with van der Waals surface area (Å²) in [5.74, 6) is -0.0563. The molecule has 2 aromatic rings. The van der Waals surface area contributed by atoms with Crippen LogP contribution in [0.15, 0.2) is 26.3 Å². The summed E-state index contributed by atoms with van der Waals surface area (Å²) in [4.78, 5) is 27.0. The van der Waals surface area contributed by atoms with Crippen molar-refractivity contribution in [2.45, 2.75) is 13.0 Å². The summed E-state index contributed by atoms with van der Waals surface area (Å²) in [6, 6.07) is 0. The predicted octanol–water partition coefficient (Wildman–Crippen LogP) is 0.216. The van der Waals surface area contributed by atoms with Gasteiger partial charge in [-0.05, 0) is 15.9 Å². The first-order valence-electron chi connectivity index (χ1n) is 5.93. The molecule has 0 saturated carbocycles. The van der Waals surface area contributed by atoms with Crippen LogP contribution in [0.1, 0.15) is 5.89 Å². The van der Waals surface area contributed by atoms with Crippen LogP contribution in [-0.4, -0.2) is 39.5 Å². The Balaban J connectivity index is 2.02. The van der Waals surface area contributed by atoms with Crippen molar-refractivity contribution in [2.24, 2.45) is 0 Å². The Morgan fingerprint density at radius 1 is 1.57 bits per heavy atom. The molecule has 0 saturated heterocycles. The van der Waals surface area contributed by atoms with Crippen LogP contribution < -0.4 is 10.9 Å². The fourth-order valence-corrected chi connectivity index (χ4v) is 1.95. The minimum atomic E-state index is -0.548. The second-order valence-electron chi connectivity index (χ2n) is 3.92. The van der Waals surface area contributed by atoms with Crippen LogP contribution in [0.3, 0.4) is 0 Å². The molecule has 0 spiro atoms. The third kappa shape index (κ3) is 3.88. The Hall–Kier alpha value is -2.23. The van der Waals surface area contributed by atoms with Gasteiger partial charge < -0.3 is 14.6 Å². The highest BCUT2D eigenvalue weighted by Gasteiger charge is 2.11. The van der Waals surface area contributed by atoms with Crippen molar-refractivity contribution in [1.82, 2.24) is 19.9 Å². The Labute approximate surface area is 127 Å². The van der Waals surface area contributed by atoms with E-state index in [4.69, 9.17) is 4.52 Å². The Bertz CT molecular complexity index is 670. The summed E-state index contributed by atoms with van der Waals surface area (Å²) in [5, 5.41) is 10.4. The van der Waals surface area contributed by atoms with Gasteiger partial charge >= 0.3 is 5.97 Å². The topological polar surface area (TPSA) is 112 Å². The van der Waals surface area contributed by atoms with E-state index in [9.17, 15) is 9.59 Å². The van der Waals surface area contributed by atoms with E-state index in [1.165, 1.54) is 19.6 Å². The lowest BCUT2D eigenvalue weighted by atomic mass is 10.4. The van der Waals surface area contributed by atoms with Crippen LogP contribution in [0.4, 0.5) is 5.69 Å². The third-order valence-corrected chi connectivity index (χ3v) is 3.32. The summed E-state index contributed by atoms with van der Waals surface area (Å²) in [6.45, 7) is 0.249. The van der Waals surface area contributed by atoms with E-state index in [0.717, 1.165) is 4.68 Å². The third-order valence-electron chi connectivity index (χ3n) is 2.55. The first kappa shape index (κ1) is 15.2. The quantitative estimate of drug-likeness (QED) is 0.730. The van der Waals surface area contributed by atoms with Crippen LogP contribution >= 0.6 is 15.9 Å². The average molecular weight is 358 g/mol. The first-order chi connectivity index (χ1) is 10.1. The molecule has 0 amide bonds. The number of hydrogen-bond acceptors (Lipinski definition) is 8. The molecule has 0 aromatic carbocycles. The number of aromatic nitrogens is 4. The largest absolute Gasteiger partial charge is 0.468 e. The Morgan fingerprint density at radius 3 is 3.05 bits per heavy atom. The van der Waals surface area contributed by atoms with Gasteiger partial charge in [0.15, 0.2) is 6.33 Å². The standard InChI is InChI=1S/C11H12BrN5O4/c1-20-9(18)5-17-11(19)10(12)7(4-15-17)13-3-2-8-14-6-16-21-8/h4,6,13H,2-3,5H2,1H3. The summed E-state index contributed by atoms with van der Waals surface area (Å²) in [6.07, 6.45) is 3.28. The van der Waals surface area contributed by atoms with Crippen molar-refractivity contribution >= 4 is 27.6 Å². The van der Waals surface area contributed by atoms with Crippen LogP contribution in [0.25, 0.3) is 0 Å². The number of ether oxygens (including phenoxy) is 1. The van der Waals surface area contributed by atoms with E-state index in [2.05, 4.69) is 41.2 Å². The summed E-state index contributed by atoms with van der Waals surface area (Å²) >= 11 is 3.18. The Morgan fingerprint density at radius 2 is 2.38 bits per heavy atom. The van der Waals surface area contributed by atoms with Gasteiger partial charge in [-0.2, -0.15) is 10.1 Å². The van der Waals surface area contributed by atoms with E-state index in [1.807, 2.05) is 0 Å². The average Bonchev–Trinajstić information content (AvgIpc) is 2.99. The fraction of sp³-hybridized carbons (Fsp3) is 0.364. The molecule has 21 heavy (non-hydrogen) atoms. The van der Waals surface area contributed by atoms with Crippen LogP contribution in [-0.2, 0) is 22.5 Å². The highest BCUT2D eigenvalue weighted by Crippen LogP contribution is 2.15. The molecule has 2 heterocycles. The summed E-state index contributed by atoms with van der Waals surface area (Å²) in [5.41, 5.74) is 0.0869. The summed E-state index contributed by atoms with van der Waals surface area (Å²) < 4.78 is 10.6. The first-order valence-corrected chi connectivity index (χ1v) is 6.73. The number of carbonyl (C=O) groups is 1. The van der Waals surface area contributed by atoms with Gasteiger partial charge in [0.1, 0.15) is 11.0 Å². The molecular formula is C11H12BrN5O4. The maximum Gasteiger partial charge on any atom is 0.327 e. The van der Waals surface area contributed by atoms with Gasteiger partial charge in [0.25, 0.3) is 5.56 Å². The van der Waals surface area contributed by atoms with Crippen molar-refractivity contribution < 1.29 is 14.1 Å². The number of carbonyl (C=O) groups excluding carboxylic acids is 1. The van der Waals surface area contributed by atoms with Gasteiger partial charge in [0.05, 0.1) is 19.0 Å². The second kappa shape index (κ2) is 6.97. The predicted molar refractivity (Wildman–Crippen MR) is 74.7 cm³/mol. The molecule has 9 nitrogen and oxygen atoms in total. The van der Waals surface area contributed by atoms with Gasteiger partial charge in [-0.3, -0.25) is 9.59 Å². The van der Waals surface area contributed by atoms with Crippen LogP contribution in [0, 0.1) is 0 Å². The molecule has 0 aliphatic rings. The highest BCUT2D eigenvalue weighted by molar-refractivity contribution is 9.10. The lowest BCUT2D eigenvalue weighted by Gasteiger charge is -2.09. The van der Waals surface area contributed by atoms with Crippen molar-refractivity contribution in [3.63, 3.8) is 0 Å².